The second-order valence-corrected chi connectivity index (χ2v) is 6.24. The van der Waals surface area contributed by atoms with Crippen molar-refractivity contribution >= 4 is 27.5 Å². The number of amides is 1. The molecule has 20 heavy (non-hydrogen) atoms. The SMILES string of the molecule is CC(O)c1cc(Br)ccc1N(C)CC(=O)N1CCCC1. The molecular weight excluding hydrogens is 320 g/mol. The standard InChI is InChI=1S/C15H21BrN2O2/c1-11(19)13-9-12(16)5-6-14(13)17(2)10-15(20)18-7-3-4-8-18/h5-6,9,11,19H,3-4,7-8,10H2,1-2H3. The minimum Gasteiger partial charge on any atom is -0.389 e. The minimum absolute atomic E-state index is 0.157. The van der Waals surface area contributed by atoms with Gasteiger partial charge in [-0.2, -0.15) is 0 Å². The molecule has 1 aromatic carbocycles. The Morgan fingerprint density at radius 2 is 2.10 bits per heavy atom. The normalized spacial score (nSPS) is 16.3. The number of anilines is 1. The Labute approximate surface area is 128 Å². The Bertz CT molecular complexity index is 485. The van der Waals surface area contributed by atoms with Crippen molar-refractivity contribution in [2.45, 2.75) is 25.9 Å². The molecule has 0 saturated carbocycles. The maximum atomic E-state index is 12.2. The molecule has 0 bridgehead atoms. The van der Waals surface area contributed by atoms with Crippen LogP contribution in [0.3, 0.4) is 0 Å². The first-order valence-electron chi connectivity index (χ1n) is 6.95. The van der Waals surface area contributed by atoms with Crippen molar-refractivity contribution in [3.05, 3.63) is 28.2 Å². The highest BCUT2D eigenvalue weighted by atomic mass is 79.9. The zero-order valence-corrected chi connectivity index (χ0v) is 13.6. The van der Waals surface area contributed by atoms with Crippen LogP contribution >= 0.6 is 15.9 Å². The van der Waals surface area contributed by atoms with Crippen LogP contribution in [0.25, 0.3) is 0 Å². The average Bonchev–Trinajstić information content (AvgIpc) is 2.92. The van der Waals surface area contributed by atoms with Crippen molar-refractivity contribution in [1.29, 1.82) is 0 Å². The molecule has 110 valence electrons. The largest absolute Gasteiger partial charge is 0.389 e. The second kappa shape index (κ2) is 6.59. The number of aliphatic hydroxyl groups excluding tert-OH is 1. The summed E-state index contributed by atoms with van der Waals surface area (Å²) in [5.74, 6) is 0.157. The number of aliphatic hydroxyl groups is 1. The number of halogens is 1. The lowest BCUT2D eigenvalue weighted by atomic mass is 10.1. The van der Waals surface area contributed by atoms with E-state index in [9.17, 15) is 9.90 Å². The Kier molecular flexibility index (Phi) is 5.05. The van der Waals surface area contributed by atoms with Crippen LogP contribution in [0, 0.1) is 0 Å². The lowest BCUT2D eigenvalue weighted by Crippen LogP contribution is -2.37. The van der Waals surface area contributed by atoms with Gasteiger partial charge in [-0.1, -0.05) is 15.9 Å². The first-order chi connectivity index (χ1) is 9.49. The molecule has 2 rings (SSSR count). The number of hydrogen-bond acceptors (Lipinski definition) is 3. The van der Waals surface area contributed by atoms with Crippen molar-refractivity contribution in [3.8, 4) is 0 Å². The van der Waals surface area contributed by atoms with Gasteiger partial charge in [-0.25, -0.2) is 0 Å². The first kappa shape index (κ1) is 15.3. The third kappa shape index (κ3) is 3.52. The fourth-order valence-electron chi connectivity index (χ4n) is 2.56. The summed E-state index contributed by atoms with van der Waals surface area (Å²) >= 11 is 3.41. The molecule has 0 radical (unpaired) electrons. The Balaban J connectivity index is 2.12. The number of likely N-dealkylation sites (tertiary alicyclic amines) is 1. The van der Waals surface area contributed by atoms with E-state index in [0.29, 0.717) is 6.54 Å². The lowest BCUT2D eigenvalue weighted by Gasteiger charge is -2.25. The van der Waals surface area contributed by atoms with Gasteiger partial charge in [0.25, 0.3) is 0 Å². The first-order valence-corrected chi connectivity index (χ1v) is 7.75. The fraction of sp³-hybridized carbons (Fsp3) is 0.533. The van der Waals surface area contributed by atoms with Crippen molar-refractivity contribution in [3.63, 3.8) is 0 Å². The third-order valence-electron chi connectivity index (χ3n) is 3.68. The molecule has 1 aliphatic rings. The van der Waals surface area contributed by atoms with Crippen molar-refractivity contribution in [2.75, 3.05) is 31.6 Å². The predicted octanol–water partition coefficient (Wildman–Crippen LogP) is 2.56. The number of carbonyl (C=O) groups is 1. The predicted molar refractivity (Wildman–Crippen MR) is 83.9 cm³/mol. The quantitative estimate of drug-likeness (QED) is 0.915. The number of rotatable bonds is 4. The van der Waals surface area contributed by atoms with E-state index in [1.165, 1.54) is 0 Å². The molecule has 0 spiro atoms. The van der Waals surface area contributed by atoms with Crippen LogP contribution in [0.1, 0.15) is 31.4 Å². The summed E-state index contributed by atoms with van der Waals surface area (Å²) < 4.78 is 0.927. The van der Waals surface area contributed by atoms with Gasteiger partial charge in [-0.15, -0.1) is 0 Å². The van der Waals surface area contributed by atoms with E-state index >= 15 is 0 Å². The zero-order chi connectivity index (χ0) is 14.7. The van der Waals surface area contributed by atoms with Crippen LogP contribution < -0.4 is 4.90 Å². The van der Waals surface area contributed by atoms with Gasteiger partial charge in [-0.3, -0.25) is 4.79 Å². The van der Waals surface area contributed by atoms with Crippen LogP contribution in [-0.2, 0) is 4.79 Å². The number of likely N-dealkylation sites (N-methyl/N-ethyl adjacent to an activating group) is 1. The molecule has 1 unspecified atom stereocenters. The second-order valence-electron chi connectivity index (χ2n) is 5.32. The Hall–Kier alpha value is -1.07. The van der Waals surface area contributed by atoms with Gasteiger partial charge < -0.3 is 14.9 Å². The van der Waals surface area contributed by atoms with Gasteiger partial charge >= 0.3 is 0 Å². The van der Waals surface area contributed by atoms with Gasteiger partial charge in [-0.05, 0) is 38.0 Å². The summed E-state index contributed by atoms with van der Waals surface area (Å²) in [6.45, 7) is 3.83. The molecule has 1 heterocycles. The Morgan fingerprint density at radius 3 is 2.70 bits per heavy atom. The van der Waals surface area contributed by atoms with Gasteiger partial charge in [0.2, 0.25) is 5.91 Å². The summed E-state index contributed by atoms with van der Waals surface area (Å²) in [4.78, 5) is 16.0. The lowest BCUT2D eigenvalue weighted by molar-refractivity contribution is -0.128. The van der Waals surface area contributed by atoms with E-state index in [1.807, 2.05) is 35.0 Å². The van der Waals surface area contributed by atoms with E-state index < -0.39 is 6.10 Å². The van der Waals surface area contributed by atoms with Crippen LogP contribution in [0.4, 0.5) is 5.69 Å². The summed E-state index contributed by atoms with van der Waals surface area (Å²) in [5, 5.41) is 9.88. The Morgan fingerprint density at radius 1 is 1.45 bits per heavy atom. The molecule has 1 aliphatic heterocycles. The van der Waals surface area contributed by atoms with Crippen LogP contribution in [0.5, 0.6) is 0 Å². The molecule has 1 aromatic rings. The zero-order valence-electron chi connectivity index (χ0n) is 12.0. The van der Waals surface area contributed by atoms with E-state index in [2.05, 4.69) is 15.9 Å². The molecule has 4 nitrogen and oxygen atoms in total. The van der Waals surface area contributed by atoms with Crippen LogP contribution in [0.2, 0.25) is 0 Å². The minimum atomic E-state index is -0.563. The molecular formula is C15H21BrN2O2. The average molecular weight is 341 g/mol. The maximum Gasteiger partial charge on any atom is 0.242 e. The number of carbonyl (C=O) groups excluding carboxylic acids is 1. The molecule has 1 amide bonds. The summed E-state index contributed by atoms with van der Waals surface area (Å²) in [6.07, 6.45) is 1.64. The van der Waals surface area contributed by atoms with Crippen molar-refractivity contribution < 1.29 is 9.90 Å². The number of hydrogen-bond donors (Lipinski definition) is 1. The highest BCUT2D eigenvalue weighted by Crippen LogP contribution is 2.29. The van der Waals surface area contributed by atoms with E-state index in [4.69, 9.17) is 0 Å². The molecule has 1 fully saturated rings. The van der Waals surface area contributed by atoms with E-state index in [0.717, 1.165) is 41.7 Å². The van der Waals surface area contributed by atoms with Crippen molar-refractivity contribution in [1.82, 2.24) is 4.90 Å². The maximum absolute atomic E-state index is 12.2. The van der Waals surface area contributed by atoms with Gasteiger partial charge in [0.15, 0.2) is 0 Å². The van der Waals surface area contributed by atoms with Gasteiger partial charge in [0, 0.05) is 35.9 Å². The fourth-order valence-corrected chi connectivity index (χ4v) is 2.94. The summed E-state index contributed by atoms with van der Waals surface area (Å²) in [5.41, 5.74) is 1.73. The molecule has 1 atom stereocenters. The molecule has 0 aromatic heterocycles. The molecule has 1 N–H and O–H groups in total. The summed E-state index contributed by atoms with van der Waals surface area (Å²) in [6, 6.07) is 5.76. The summed E-state index contributed by atoms with van der Waals surface area (Å²) in [7, 11) is 1.89. The molecule has 1 saturated heterocycles. The third-order valence-corrected chi connectivity index (χ3v) is 4.18. The van der Waals surface area contributed by atoms with Gasteiger partial charge in [0.05, 0.1) is 12.6 Å². The van der Waals surface area contributed by atoms with E-state index in [-0.39, 0.29) is 5.91 Å². The van der Waals surface area contributed by atoms with Crippen LogP contribution in [-0.4, -0.2) is 42.6 Å². The van der Waals surface area contributed by atoms with Crippen LogP contribution in [0.15, 0.2) is 22.7 Å². The van der Waals surface area contributed by atoms with E-state index in [1.54, 1.807) is 6.92 Å². The monoisotopic (exact) mass is 340 g/mol. The van der Waals surface area contributed by atoms with Crippen molar-refractivity contribution in [2.24, 2.45) is 0 Å². The molecule has 5 heteroatoms. The number of benzene rings is 1. The highest BCUT2D eigenvalue weighted by molar-refractivity contribution is 9.10. The topological polar surface area (TPSA) is 43.8 Å². The highest BCUT2D eigenvalue weighted by Gasteiger charge is 2.20. The van der Waals surface area contributed by atoms with Gasteiger partial charge in [0.1, 0.15) is 0 Å². The molecule has 0 aliphatic carbocycles. The number of nitrogens with zero attached hydrogens (tertiary/aromatic N) is 2. The smallest absolute Gasteiger partial charge is 0.242 e.